The van der Waals surface area contributed by atoms with E-state index in [0.717, 1.165) is 18.9 Å². The highest BCUT2D eigenvalue weighted by atomic mass is 32.2. The Bertz CT molecular complexity index is 458. The van der Waals surface area contributed by atoms with Gasteiger partial charge in [-0.3, -0.25) is 0 Å². The minimum Gasteiger partial charge on any atom is -0.478 e. The maximum atomic E-state index is 10.5. The zero-order chi connectivity index (χ0) is 12.3. The first-order valence-corrected chi connectivity index (χ1v) is 6.50. The molecule has 1 saturated carbocycles. The van der Waals surface area contributed by atoms with Crippen molar-refractivity contribution in [2.24, 2.45) is 0 Å². The van der Waals surface area contributed by atoms with Crippen molar-refractivity contribution in [2.75, 3.05) is 11.6 Å². The van der Waals surface area contributed by atoms with E-state index in [0.29, 0.717) is 22.6 Å². The van der Waals surface area contributed by atoms with Crippen molar-refractivity contribution in [2.45, 2.75) is 24.0 Å². The molecule has 6 heteroatoms. The highest BCUT2D eigenvalue weighted by Gasteiger charge is 2.22. The van der Waals surface area contributed by atoms with Crippen LogP contribution in [0, 0.1) is 0 Å². The van der Waals surface area contributed by atoms with Crippen LogP contribution in [-0.2, 0) is 4.79 Å². The van der Waals surface area contributed by atoms with Gasteiger partial charge in [0.2, 0.25) is 0 Å². The molecule has 1 fully saturated rings. The van der Waals surface area contributed by atoms with Crippen LogP contribution in [0.3, 0.4) is 0 Å². The Kier molecular flexibility index (Phi) is 3.63. The molecule has 0 amide bonds. The predicted octanol–water partition coefficient (Wildman–Crippen LogP) is 1.87. The monoisotopic (exact) mass is 251 g/mol. The van der Waals surface area contributed by atoms with Crippen LogP contribution < -0.4 is 5.32 Å². The fourth-order valence-corrected chi connectivity index (χ4v) is 1.63. The molecule has 0 atom stereocenters. The third-order valence-corrected chi connectivity index (χ3v) is 2.86. The maximum absolute atomic E-state index is 10.5. The largest absolute Gasteiger partial charge is 0.478 e. The van der Waals surface area contributed by atoms with Crippen LogP contribution in [0.5, 0.6) is 0 Å². The van der Waals surface area contributed by atoms with E-state index < -0.39 is 5.97 Å². The second-order valence-electron chi connectivity index (χ2n) is 3.75. The van der Waals surface area contributed by atoms with Crippen LogP contribution in [0.25, 0.3) is 6.08 Å². The van der Waals surface area contributed by atoms with Gasteiger partial charge in [-0.15, -0.1) is 0 Å². The van der Waals surface area contributed by atoms with Crippen molar-refractivity contribution in [3.8, 4) is 0 Å². The maximum Gasteiger partial charge on any atom is 0.328 e. The number of hydrogen-bond donors (Lipinski definition) is 2. The molecule has 0 aliphatic heterocycles. The van der Waals surface area contributed by atoms with Crippen LogP contribution in [-0.4, -0.2) is 33.3 Å². The lowest BCUT2D eigenvalue weighted by Crippen LogP contribution is -2.06. The molecule has 90 valence electrons. The van der Waals surface area contributed by atoms with Crippen LogP contribution >= 0.6 is 11.8 Å². The number of rotatable bonds is 5. The summed E-state index contributed by atoms with van der Waals surface area (Å²) in [7, 11) is 0. The number of hydrogen-bond acceptors (Lipinski definition) is 5. The van der Waals surface area contributed by atoms with Gasteiger partial charge in [0.15, 0.2) is 5.16 Å². The summed E-state index contributed by atoms with van der Waals surface area (Å²) in [5.41, 5.74) is 0.706. The highest BCUT2D eigenvalue weighted by Crippen LogP contribution is 2.26. The molecule has 1 heterocycles. The zero-order valence-corrected chi connectivity index (χ0v) is 10.2. The Morgan fingerprint density at radius 3 is 3.00 bits per heavy atom. The van der Waals surface area contributed by atoms with Gasteiger partial charge in [-0.25, -0.2) is 14.8 Å². The molecule has 5 nitrogen and oxygen atoms in total. The summed E-state index contributed by atoms with van der Waals surface area (Å²) in [6.07, 6.45) is 8.43. The molecule has 0 bridgehead atoms. The summed E-state index contributed by atoms with van der Waals surface area (Å²) in [6.45, 7) is 0. The van der Waals surface area contributed by atoms with Gasteiger partial charge in [0.25, 0.3) is 0 Å². The van der Waals surface area contributed by atoms with E-state index in [1.807, 2.05) is 6.26 Å². The van der Waals surface area contributed by atoms with Crippen molar-refractivity contribution < 1.29 is 9.90 Å². The van der Waals surface area contributed by atoms with E-state index in [2.05, 4.69) is 15.3 Å². The molecule has 1 aromatic heterocycles. The van der Waals surface area contributed by atoms with Gasteiger partial charge in [0.1, 0.15) is 5.82 Å². The van der Waals surface area contributed by atoms with Gasteiger partial charge >= 0.3 is 5.97 Å². The molecule has 17 heavy (non-hydrogen) atoms. The highest BCUT2D eigenvalue weighted by molar-refractivity contribution is 7.98. The second kappa shape index (κ2) is 5.18. The van der Waals surface area contributed by atoms with Crippen molar-refractivity contribution in [3.63, 3.8) is 0 Å². The fraction of sp³-hybridized carbons (Fsp3) is 0.364. The summed E-state index contributed by atoms with van der Waals surface area (Å²) in [6, 6.07) is 0.469. The van der Waals surface area contributed by atoms with Gasteiger partial charge in [-0.1, -0.05) is 11.8 Å². The Balaban J connectivity index is 2.24. The zero-order valence-electron chi connectivity index (χ0n) is 9.38. The van der Waals surface area contributed by atoms with Crippen molar-refractivity contribution >= 4 is 29.6 Å². The normalized spacial score (nSPS) is 15.1. The minimum absolute atomic E-state index is 0.469. The summed E-state index contributed by atoms with van der Waals surface area (Å²) in [5, 5.41) is 12.6. The first-order valence-electron chi connectivity index (χ1n) is 5.27. The number of aromatic nitrogens is 2. The smallest absolute Gasteiger partial charge is 0.328 e. The SMILES string of the molecule is CSc1ncc(C=CC(=O)O)c(NC2CC2)n1. The van der Waals surface area contributed by atoms with Gasteiger partial charge in [-0.2, -0.15) is 0 Å². The summed E-state index contributed by atoms with van der Waals surface area (Å²) in [5.74, 6) is -0.263. The Labute approximate surface area is 103 Å². The number of thioether (sulfide) groups is 1. The molecule has 1 aliphatic carbocycles. The standard InChI is InChI=1S/C11H13N3O2S/c1-17-11-12-6-7(2-5-9(15)16)10(14-11)13-8-3-4-8/h2,5-6,8H,3-4H2,1H3,(H,15,16)(H,12,13,14). The Hall–Kier alpha value is -1.56. The van der Waals surface area contributed by atoms with Gasteiger partial charge in [0, 0.05) is 23.9 Å². The molecule has 0 aromatic carbocycles. The van der Waals surface area contributed by atoms with E-state index in [9.17, 15) is 4.79 Å². The molecule has 2 rings (SSSR count). The van der Waals surface area contributed by atoms with Crippen LogP contribution in [0.4, 0.5) is 5.82 Å². The van der Waals surface area contributed by atoms with Gasteiger partial charge < -0.3 is 10.4 Å². The third-order valence-electron chi connectivity index (χ3n) is 2.30. The van der Waals surface area contributed by atoms with Crippen molar-refractivity contribution in [3.05, 3.63) is 17.8 Å². The second-order valence-corrected chi connectivity index (χ2v) is 4.52. The van der Waals surface area contributed by atoms with E-state index in [-0.39, 0.29) is 0 Å². The van der Waals surface area contributed by atoms with Crippen LogP contribution in [0.2, 0.25) is 0 Å². The molecule has 0 radical (unpaired) electrons. The quantitative estimate of drug-likeness (QED) is 0.473. The van der Waals surface area contributed by atoms with Crippen LogP contribution in [0.15, 0.2) is 17.4 Å². The number of carbonyl (C=O) groups is 1. The first-order chi connectivity index (χ1) is 8.19. The van der Waals surface area contributed by atoms with Crippen LogP contribution in [0.1, 0.15) is 18.4 Å². The molecule has 0 saturated heterocycles. The first kappa shape index (κ1) is 11.9. The van der Waals surface area contributed by atoms with E-state index in [4.69, 9.17) is 5.11 Å². The number of carboxylic acids is 1. The number of carboxylic acid groups (broad SMARTS) is 1. The molecule has 1 aromatic rings. The van der Waals surface area contributed by atoms with Gasteiger partial charge in [0.05, 0.1) is 0 Å². The van der Waals surface area contributed by atoms with Crippen molar-refractivity contribution in [1.82, 2.24) is 9.97 Å². The minimum atomic E-state index is -0.976. The topological polar surface area (TPSA) is 75.1 Å². The molecule has 0 unspecified atom stereocenters. The van der Waals surface area contributed by atoms with Crippen molar-refractivity contribution in [1.29, 1.82) is 0 Å². The predicted molar refractivity (Wildman–Crippen MR) is 67.1 cm³/mol. The average Bonchev–Trinajstić information content (AvgIpc) is 3.11. The van der Waals surface area contributed by atoms with E-state index in [1.165, 1.54) is 17.8 Å². The Morgan fingerprint density at radius 1 is 1.65 bits per heavy atom. The average molecular weight is 251 g/mol. The Morgan fingerprint density at radius 2 is 2.41 bits per heavy atom. The summed E-state index contributed by atoms with van der Waals surface area (Å²) in [4.78, 5) is 19.0. The number of aliphatic carboxylic acids is 1. The fourth-order valence-electron chi connectivity index (χ4n) is 1.29. The number of nitrogens with zero attached hydrogens (tertiary/aromatic N) is 2. The van der Waals surface area contributed by atoms with E-state index >= 15 is 0 Å². The lowest BCUT2D eigenvalue weighted by atomic mass is 10.2. The third kappa shape index (κ3) is 3.45. The number of nitrogens with one attached hydrogen (secondary N) is 1. The molecule has 2 N–H and O–H groups in total. The number of anilines is 1. The molecular formula is C11H13N3O2S. The lowest BCUT2D eigenvalue weighted by Gasteiger charge is -2.07. The summed E-state index contributed by atoms with van der Waals surface area (Å²) < 4.78 is 0. The summed E-state index contributed by atoms with van der Waals surface area (Å²) >= 11 is 1.46. The molecule has 0 spiro atoms. The molecule has 1 aliphatic rings. The van der Waals surface area contributed by atoms with Gasteiger partial charge in [-0.05, 0) is 25.2 Å². The molecular weight excluding hydrogens is 238 g/mol. The van der Waals surface area contributed by atoms with E-state index in [1.54, 1.807) is 6.20 Å². The lowest BCUT2D eigenvalue weighted by molar-refractivity contribution is -0.131.